The van der Waals surface area contributed by atoms with Crippen LogP contribution in [0.25, 0.3) is 10.9 Å². The molecule has 0 amide bonds. The molecule has 1 N–H and O–H groups in total. The number of benzene rings is 2. The zero-order chi connectivity index (χ0) is 25.9. The minimum Gasteiger partial charge on any atom is -0.497 e. The molecule has 2 aromatic heterocycles. The maximum Gasteiger partial charge on any atom is 0.252 e. The highest BCUT2D eigenvalue weighted by molar-refractivity contribution is 5.85. The van der Waals surface area contributed by atoms with Gasteiger partial charge in [-0.3, -0.25) is 9.69 Å². The smallest absolute Gasteiger partial charge is 0.252 e. The molecule has 0 saturated heterocycles. The maximum absolute atomic E-state index is 13.3. The van der Waals surface area contributed by atoms with Crippen LogP contribution in [0.5, 0.6) is 5.75 Å². The molecule has 0 spiro atoms. The van der Waals surface area contributed by atoms with Gasteiger partial charge in [0.2, 0.25) is 0 Å². The SMILES string of the molecule is CCC(c1nnnn1C1CCCC1)N(Cc1ccc(OC)cc1)Cc1cc2c(C)ccc(C)c2[nH]c1=O. The average molecular weight is 501 g/mol. The van der Waals surface area contributed by atoms with Crippen LogP contribution in [-0.4, -0.2) is 37.2 Å². The minimum atomic E-state index is -0.0498. The third kappa shape index (κ3) is 5.16. The highest BCUT2D eigenvalue weighted by Gasteiger charge is 2.29. The molecule has 4 aromatic rings. The zero-order valence-electron chi connectivity index (χ0n) is 22.2. The van der Waals surface area contributed by atoms with E-state index in [9.17, 15) is 4.79 Å². The minimum absolute atomic E-state index is 0.0357. The van der Waals surface area contributed by atoms with Crippen molar-refractivity contribution < 1.29 is 4.74 Å². The number of nitrogens with one attached hydrogen (secondary N) is 1. The third-order valence-electron chi connectivity index (χ3n) is 7.75. The van der Waals surface area contributed by atoms with Gasteiger partial charge in [0.25, 0.3) is 5.56 Å². The normalized spacial score (nSPS) is 15.1. The molecule has 1 unspecified atom stereocenters. The molecule has 1 aliphatic rings. The fourth-order valence-electron chi connectivity index (χ4n) is 5.63. The predicted molar refractivity (Wildman–Crippen MR) is 145 cm³/mol. The summed E-state index contributed by atoms with van der Waals surface area (Å²) in [6, 6.07) is 14.6. The molecule has 0 aliphatic heterocycles. The molecule has 1 fully saturated rings. The number of aromatic amines is 1. The van der Waals surface area contributed by atoms with E-state index in [0.717, 1.165) is 64.0 Å². The van der Waals surface area contributed by atoms with Crippen LogP contribution in [-0.2, 0) is 13.1 Å². The standard InChI is InChI=1S/C29H36N6O2/c1-5-26(28-31-32-33-35(28)23-8-6-7-9-23)34(17-21-12-14-24(37-4)15-13-21)18-22-16-25-19(2)10-11-20(3)27(25)30-29(22)36/h10-16,23,26H,5-9,17-18H2,1-4H3,(H,30,36). The molecule has 8 heteroatoms. The first-order valence-electron chi connectivity index (χ1n) is 13.2. The lowest BCUT2D eigenvalue weighted by molar-refractivity contribution is 0.158. The Kier molecular flexibility index (Phi) is 7.37. The summed E-state index contributed by atoms with van der Waals surface area (Å²) >= 11 is 0. The van der Waals surface area contributed by atoms with Gasteiger partial charge in [-0.2, -0.15) is 0 Å². The number of pyridine rings is 1. The van der Waals surface area contributed by atoms with Crippen molar-refractivity contribution in [2.45, 2.75) is 78.0 Å². The summed E-state index contributed by atoms with van der Waals surface area (Å²) in [4.78, 5) is 18.8. The summed E-state index contributed by atoms with van der Waals surface area (Å²) in [6.45, 7) is 7.43. The van der Waals surface area contributed by atoms with Gasteiger partial charge < -0.3 is 9.72 Å². The second-order valence-electron chi connectivity index (χ2n) is 10.2. The molecule has 1 aliphatic carbocycles. The summed E-state index contributed by atoms with van der Waals surface area (Å²) in [5.41, 5.74) is 4.97. The Labute approximate surface area is 217 Å². The Morgan fingerprint density at radius 1 is 1.08 bits per heavy atom. The van der Waals surface area contributed by atoms with Crippen molar-refractivity contribution in [2.75, 3.05) is 7.11 Å². The molecule has 0 radical (unpaired) electrons. The predicted octanol–water partition coefficient (Wildman–Crippen LogP) is 5.41. The maximum atomic E-state index is 13.3. The highest BCUT2D eigenvalue weighted by Crippen LogP contribution is 2.34. The molecule has 37 heavy (non-hydrogen) atoms. The topological polar surface area (TPSA) is 88.9 Å². The van der Waals surface area contributed by atoms with E-state index in [1.165, 1.54) is 12.8 Å². The summed E-state index contributed by atoms with van der Waals surface area (Å²) in [7, 11) is 1.67. The van der Waals surface area contributed by atoms with Crippen LogP contribution in [0.3, 0.4) is 0 Å². The first-order valence-corrected chi connectivity index (χ1v) is 13.2. The molecule has 8 nitrogen and oxygen atoms in total. The van der Waals surface area contributed by atoms with E-state index in [0.29, 0.717) is 19.1 Å². The Morgan fingerprint density at radius 2 is 1.81 bits per heavy atom. The van der Waals surface area contributed by atoms with Crippen LogP contribution in [0, 0.1) is 13.8 Å². The van der Waals surface area contributed by atoms with E-state index >= 15 is 0 Å². The van der Waals surface area contributed by atoms with Crippen molar-refractivity contribution in [1.29, 1.82) is 0 Å². The molecule has 2 heterocycles. The molecule has 2 aromatic carbocycles. The number of H-pyrrole nitrogens is 1. The van der Waals surface area contributed by atoms with Gasteiger partial charge in [-0.25, -0.2) is 4.68 Å². The third-order valence-corrected chi connectivity index (χ3v) is 7.75. The second kappa shape index (κ2) is 10.8. The number of hydrogen-bond acceptors (Lipinski definition) is 6. The Hall–Kier alpha value is -3.52. The summed E-state index contributed by atoms with van der Waals surface area (Å²) in [6.07, 6.45) is 5.46. The number of aryl methyl sites for hydroxylation is 2. The van der Waals surface area contributed by atoms with Crippen LogP contribution >= 0.6 is 0 Å². The van der Waals surface area contributed by atoms with Gasteiger partial charge in [-0.05, 0) is 78.4 Å². The van der Waals surface area contributed by atoms with Crippen molar-refractivity contribution in [3.63, 3.8) is 0 Å². The van der Waals surface area contributed by atoms with Crippen molar-refractivity contribution in [2.24, 2.45) is 0 Å². The van der Waals surface area contributed by atoms with Crippen LogP contribution < -0.4 is 10.3 Å². The van der Waals surface area contributed by atoms with E-state index in [1.807, 2.05) is 23.7 Å². The largest absolute Gasteiger partial charge is 0.497 e. The molecular weight excluding hydrogens is 464 g/mol. The lowest BCUT2D eigenvalue weighted by Gasteiger charge is -2.31. The molecule has 0 bridgehead atoms. The number of ether oxygens (including phenoxy) is 1. The zero-order valence-corrected chi connectivity index (χ0v) is 22.2. The number of methoxy groups -OCH3 is 1. The van der Waals surface area contributed by atoms with Crippen LogP contribution in [0.15, 0.2) is 47.3 Å². The van der Waals surface area contributed by atoms with Gasteiger partial charge in [0, 0.05) is 24.0 Å². The highest BCUT2D eigenvalue weighted by atomic mass is 16.5. The van der Waals surface area contributed by atoms with E-state index in [-0.39, 0.29) is 11.6 Å². The number of hydrogen-bond donors (Lipinski definition) is 1. The van der Waals surface area contributed by atoms with Gasteiger partial charge in [0.05, 0.1) is 24.7 Å². The van der Waals surface area contributed by atoms with Crippen molar-refractivity contribution >= 4 is 10.9 Å². The number of rotatable bonds is 9. The van der Waals surface area contributed by atoms with Gasteiger partial charge in [0.1, 0.15) is 5.75 Å². The van der Waals surface area contributed by atoms with Crippen molar-refractivity contribution in [3.8, 4) is 5.75 Å². The van der Waals surface area contributed by atoms with Gasteiger partial charge in [0.15, 0.2) is 5.82 Å². The lowest BCUT2D eigenvalue weighted by atomic mass is 10.0. The fourth-order valence-corrected chi connectivity index (χ4v) is 5.63. The quantitative estimate of drug-likeness (QED) is 0.331. The molecular formula is C29H36N6O2. The Morgan fingerprint density at radius 3 is 2.51 bits per heavy atom. The molecule has 194 valence electrons. The van der Waals surface area contributed by atoms with Crippen molar-refractivity contribution in [3.05, 3.63) is 80.9 Å². The van der Waals surface area contributed by atoms with E-state index < -0.39 is 0 Å². The average Bonchev–Trinajstić information content (AvgIpc) is 3.60. The van der Waals surface area contributed by atoms with E-state index in [4.69, 9.17) is 4.74 Å². The Balaban J connectivity index is 1.55. The van der Waals surface area contributed by atoms with E-state index in [1.54, 1.807) is 7.11 Å². The van der Waals surface area contributed by atoms with Gasteiger partial charge in [-0.15, -0.1) is 5.10 Å². The van der Waals surface area contributed by atoms with Crippen LogP contribution in [0.4, 0.5) is 0 Å². The second-order valence-corrected chi connectivity index (χ2v) is 10.2. The fraction of sp³-hybridized carbons (Fsp3) is 0.448. The first-order chi connectivity index (χ1) is 18.0. The Bertz CT molecular complexity index is 1420. The summed E-state index contributed by atoms with van der Waals surface area (Å²) in [5, 5.41) is 14.1. The first kappa shape index (κ1) is 25.1. The van der Waals surface area contributed by atoms with Gasteiger partial charge in [-0.1, -0.05) is 44.0 Å². The summed E-state index contributed by atoms with van der Waals surface area (Å²) in [5.74, 6) is 1.71. The monoisotopic (exact) mass is 500 g/mol. The number of tetrazole rings is 1. The molecule has 1 atom stereocenters. The van der Waals surface area contributed by atoms with Crippen LogP contribution in [0.2, 0.25) is 0 Å². The molecule has 1 saturated carbocycles. The van der Waals surface area contributed by atoms with Crippen molar-refractivity contribution in [1.82, 2.24) is 30.1 Å². The number of nitrogens with zero attached hydrogens (tertiary/aromatic N) is 5. The van der Waals surface area contributed by atoms with Crippen LogP contribution in [0.1, 0.15) is 79.2 Å². The lowest BCUT2D eigenvalue weighted by Crippen LogP contribution is -2.32. The molecule has 5 rings (SSSR count). The van der Waals surface area contributed by atoms with E-state index in [2.05, 4.69) is 69.6 Å². The summed E-state index contributed by atoms with van der Waals surface area (Å²) < 4.78 is 7.40. The van der Waals surface area contributed by atoms with Gasteiger partial charge >= 0.3 is 0 Å². The number of fused-ring (bicyclic) bond motifs is 1. The number of aromatic nitrogens is 5.